The van der Waals surface area contributed by atoms with E-state index in [0.717, 1.165) is 43.2 Å². The number of aromatic nitrogens is 4. The first-order valence-corrected chi connectivity index (χ1v) is 12.9. The lowest BCUT2D eigenvalue weighted by atomic mass is 9.97. The average Bonchev–Trinajstić information content (AvgIpc) is 3.32. The van der Waals surface area contributed by atoms with Crippen molar-refractivity contribution >= 4 is 17.0 Å². The van der Waals surface area contributed by atoms with Gasteiger partial charge in [-0.3, -0.25) is 4.90 Å². The van der Waals surface area contributed by atoms with Gasteiger partial charge in [-0.2, -0.15) is 4.98 Å². The summed E-state index contributed by atoms with van der Waals surface area (Å²) < 4.78 is 46.8. The van der Waals surface area contributed by atoms with Crippen LogP contribution in [0.15, 0.2) is 42.6 Å². The van der Waals surface area contributed by atoms with Crippen LogP contribution < -0.4 is 4.74 Å². The molecule has 1 aliphatic heterocycles. The minimum atomic E-state index is -1.22. The number of aryl methyl sites for hydroxylation is 2. The van der Waals surface area contributed by atoms with E-state index in [1.54, 1.807) is 30.5 Å². The number of carboxylic acids is 1. The number of ether oxygens (including phenoxy) is 1. The van der Waals surface area contributed by atoms with Crippen molar-refractivity contribution in [3.05, 3.63) is 82.8 Å². The number of likely N-dealkylation sites (tertiary alicyclic amines) is 1. The standard InChI is InChI=1S/C28H28F3N5O3/c1-2-18-13-19(8-10-36(18)15-26-33-23-5-3-17(28(37)38)12-24(23)34-26)39-27-7-9-32-25(35-27)6-4-16-11-21(30)22(31)14-20(16)29/h3,5,7,9,11-12,14,18-19H,2,4,6,8,10,13,15H2,1H3,(H,33,34)(H,37,38). The largest absolute Gasteiger partial charge is 0.478 e. The highest BCUT2D eigenvalue weighted by atomic mass is 19.2. The summed E-state index contributed by atoms with van der Waals surface area (Å²) in [5.74, 6) is -2.45. The number of piperidine rings is 1. The van der Waals surface area contributed by atoms with Crippen LogP contribution in [0.1, 0.15) is 53.8 Å². The van der Waals surface area contributed by atoms with Crippen molar-refractivity contribution in [2.75, 3.05) is 6.54 Å². The number of aromatic carboxylic acids is 1. The van der Waals surface area contributed by atoms with Gasteiger partial charge < -0.3 is 14.8 Å². The van der Waals surface area contributed by atoms with Gasteiger partial charge in [0.1, 0.15) is 23.6 Å². The van der Waals surface area contributed by atoms with Crippen LogP contribution in [0.3, 0.4) is 0 Å². The fraction of sp³-hybridized carbons (Fsp3) is 0.357. The fourth-order valence-electron chi connectivity index (χ4n) is 5.00. The average molecular weight is 540 g/mol. The lowest BCUT2D eigenvalue weighted by Gasteiger charge is -2.38. The van der Waals surface area contributed by atoms with Crippen molar-refractivity contribution in [1.29, 1.82) is 0 Å². The van der Waals surface area contributed by atoms with Crippen LogP contribution in [-0.2, 0) is 19.4 Å². The van der Waals surface area contributed by atoms with E-state index in [0.29, 0.717) is 29.8 Å². The molecule has 204 valence electrons. The quantitative estimate of drug-likeness (QED) is 0.286. The molecule has 1 saturated heterocycles. The molecular formula is C28H28F3N5O3. The molecule has 0 aliphatic carbocycles. The Bertz CT molecular complexity index is 1490. The summed E-state index contributed by atoms with van der Waals surface area (Å²) in [4.78, 5) is 30.1. The van der Waals surface area contributed by atoms with Gasteiger partial charge in [0.15, 0.2) is 11.6 Å². The third-order valence-corrected chi connectivity index (χ3v) is 7.07. The first-order valence-electron chi connectivity index (χ1n) is 12.9. The fourth-order valence-corrected chi connectivity index (χ4v) is 5.00. The molecule has 2 aromatic heterocycles. The Kier molecular flexibility index (Phi) is 7.78. The van der Waals surface area contributed by atoms with Crippen LogP contribution in [0.4, 0.5) is 13.2 Å². The van der Waals surface area contributed by atoms with Gasteiger partial charge in [0.05, 0.1) is 23.1 Å². The maximum atomic E-state index is 14.0. The van der Waals surface area contributed by atoms with E-state index in [1.165, 1.54) is 0 Å². The number of carboxylic acid groups (broad SMARTS) is 1. The molecule has 11 heteroatoms. The van der Waals surface area contributed by atoms with Gasteiger partial charge in [-0.1, -0.05) is 6.92 Å². The van der Waals surface area contributed by atoms with E-state index in [9.17, 15) is 23.1 Å². The molecule has 0 saturated carbocycles. The number of aromatic amines is 1. The Labute approximate surface area is 222 Å². The molecule has 3 heterocycles. The number of H-pyrrole nitrogens is 1. The number of nitrogens with zero attached hydrogens (tertiary/aromatic N) is 4. The number of hydrogen-bond acceptors (Lipinski definition) is 6. The van der Waals surface area contributed by atoms with Crippen molar-refractivity contribution < 1.29 is 27.8 Å². The van der Waals surface area contributed by atoms with Crippen molar-refractivity contribution in [3.63, 3.8) is 0 Å². The molecule has 0 bridgehead atoms. The minimum Gasteiger partial charge on any atom is -0.478 e. The van der Waals surface area contributed by atoms with Crippen molar-refractivity contribution in [1.82, 2.24) is 24.8 Å². The van der Waals surface area contributed by atoms with Gasteiger partial charge in [0.25, 0.3) is 0 Å². The predicted octanol–water partition coefficient (Wildman–Crippen LogP) is 5.08. The summed E-state index contributed by atoms with van der Waals surface area (Å²) in [7, 11) is 0. The molecule has 0 amide bonds. The van der Waals surface area contributed by atoms with Crippen LogP contribution >= 0.6 is 0 Å². The Hall–Kier alpha value is -3.99. The summed E-state index contributed by atoms with van der Waals surface area (Å²) in [5, 5.41) is 9.23. The van der Waals surface area contributed by atoms with Crippen LogP contribution in [-0.4, -0.2) is 54.6 Å². The topological polar surface area (TPSA) is 104 Å². The molecule has 2 N–H and O–H groups in total. The smallest absolute Gasteiger partial charge is 0.335 e. The number of imidazole rings is 1. The molecule has 1 fully saturated rings. The highest BCUT2D eigenvalue weighted by Gasteiger charge is 2.29. The maximum Gasteiger partial charge on any atom is 0.335 e. The van der Waals surface area contributed by atoms with Crippen LogP contribution in [0.2, 0.25) is 0 Å². The Balaban J connectivity index is 1.19. The molecule has 0 spiro atoms. The number of fused-ring (bicyclic) bond motifs is 1. The molecule has 4 aromatic rings. The third-order valence-electron chi connectivity index (χ3n) is 7.07. The van der Waals surface area contributed by atoms with E-state index in [-0.39, 0.29) is 36.1 Å². The first-order chi connectivity index (χ1) is 18.8. The summed E-state index contributed by atoms with van der Waals surface area (Å²) in [6.45, 7) is 3.52. The van der Waals surface area contributed by atoms with Crippen molar-refractivity contribution in [2.45, 2.75) is 57.7 Å². The molecule has 5 rings (SSSR count). The monoisotopic (exact) mass is 539 g/mol. The summed E-state index contributed by atoms with van der Waals surface area (Å²) >= 11 is 0. The van der Waals surface area contributed by atoms with Crippen LogP contribution in [0, 0.1) is 17.5 Å². The van der Waals surface area contributed by atoms with E-state index < -0.39 is 23.4 Å². The minimum absolute atomic E-state index is 0.0496. The van der Waals surface area contributed by atoms with Crippen molar-refractivity contribution in [3.8, 4) is 5.88 Å². The second kappa shape index (κ2) is 11.4. The normalized spacial score (nSPS) is 17.9. The molecule has 1 aliphatic rings. The number of benzene rings is 2. The summed E-state index contributed by atoms with van der Waals surface area (Å²) in [6.07, 6.45) is 4.38. The number of halogens is 3. The highest BCUT2D eigenvalue weighted by Crippen LogP contribution is 2.26. The van der Waals surface area contributed by atoms with E-state index in [1.807, 2.05) is 0 Å². The molecular weight excluding hydrogens is 511 g/mol. The molecule has 39 heavy (non-hydrogen) atoms. The Morgan fingerprint density at radius 1 is 1.10 bits per heavy atom. The summed E-state index contributed by atoms with van der Waals surface area (Å²) in [6, 6.07) is 8.19. The van der Waals surface area contributed by atoms with Gasteiger partial charge in [0, 0.05) is 37.3 Å². The number of hydrogen-bond donors (Lipinski definition) is 2. The molecule has 8 nitrogen and oxygen atoms in total. The van der Waals surface area contributed by atoms with Gasteiger partial charge in [0.2, 0.25) is 5.88 Å². The van der Waals surface area contributed by atoms with Crippen LogP contribution in [0.5, 0.6) is 5.88 Å². The number of rotatable bonds is 9. The van der Waals surface area contributed by atoms with Crippen LogP contribution in [0.25, 0.3) is 11.0 Å². The van der Waals surface area contributed by atoms with E-state index >= 15 is 0 Å². The lowest BCUT2D eigenvalue weighted by molar-refractivity contribution is 0.0454. The third kappa shape index (κ3) is 6.19. The molecule has 2 aromatic carbocycles. The van der Waals surface area contributed by atoms with E-state index in [2.05, 4.69) is 31.8 Å². The first kappa shape index (κ1) is 26.6. The molecule has 2 atom stereocenters. The van der Waals surface area contributed by atoms with Gasteiger partial charge >= 0.3 is 5.97 Å². The SMILES string of the molecule is CCC1CC(Oc2ccnc(CCc3cc(F)c(F)cc3F)n2)CCN1Cc1nc2ccc(C(=O)O)cc2[nH]1. The lowest BCUT2D eigenvalue weighted by Crippen LogP contribution is -2.45. The zero-order valence-corrected chi connectivity index (χ0v) is 21.3. The number of carbonyl (C=O) groups is 1. The van der Waals surface area contributed by atoms with Gasteiger partial charge in [-0.15, -0.1) is 0 Å². The predicted molar refractivity (Wildman–Crippen MR) is 137 cm³/mol. The molecule has 0 radical (unpaired) electrons. The van der Waals surface area contributed by atoms with E-state index in [4.69, 9.17) is 4.74 Å². The number of nitrogens with one attached hydrogen (secondary N) is 1. The summed E-state index contributed by atoms with van der Waals surface area (Å²) in [5.41, 5.74) is 1.71. The molecule has 2 unspecified atom stereocenters. The van der Waals surface area contributed by atoms with Gasteiger partial charge in [-0.25, -0.2) is 27.9 Å². The maximum absolute atomic E-state index is 14.0. The zero-order valence-electron chi connectivity index (χ0n) is 21.3. The second-order valence-corrected chi connectivity index (χ2v) is 9.69. The second-order valence-electron chi connectivity index (χ2n) is 9.69. The van der Waals surface area contributed by atoms with Crippen molar-refractivity contribution in [2.24, 2.45) is 0 Å². The zero-order chi connectivity index (χ0) is 27.5. The highest BCUT2D eigenvalue weighted by molar-refractivity contribution is 5.92. The Morgan fingerprint density at radius 3 is 2.72 bits per heavy atom. The Morgan fingerprint density at radius 2 is 1.92 bits per heavy atom. The van der Waals surface area contributed by atoms with Gasteiger partial charge in [-0.05, 0) is 55.5 Å².